The van der Waals surface area contributed by atoms with Crippen molar-refractivity contribution >= 4 is 21.6 Å². The Morgan fingerprint density at radius 3 is 2.42 bits per heavy atom. The molecule has 0 spiro atoms. The Kier molecular flexibility index (Phi) is 6.33. The van der Waals surface area contributed by atoms with Gasteiger partial charge in [-0.3, -0.25) is 4.79 Å². The molecule has 2 N–H and O–H groups in total. The van der Waals surface area contributed by atoms with Gasteiger partial charge in [0.15, 0.2) is 0 Å². The molecule has 0 aromatic heterocycles. The number of benzene rings is 2. The summed E-state index contributed by atoms with van der Waals surface area (Å²) in [7, 11) is -2.48. The standard InChI is InChI=1S/C18H21FN2O4S/c1-4-15(21-26(23,24)14-8-6-13(19)7-9-14)18(22)20-16-11-12(2)5-10-17(16)25-3/h5-11,15,21H,4H2,1-3H3,(H,20,22). The molecule has 26 heavy (non-hydrogen) atoms. The first kappa shape index (κ1) is 19.9. The second-order valence-corrected chi connectivity index (χ2v) is 7.44. The van der Waals surface area contributed by atoms with Crippen LogP contribution in [-0.4, -0.2) is 27.5 Å². The monoisotopic (exact) mass is 380 g/mol. The number of hydrogen-bond acceptors (Lipinski definition) is 4. The van der Waals surface area contributed by atoms with E-state index in [2.05, 4.69) is 10.0 Å². The fraction of sp³-hybridized carbons (Fsp3) is 0.278. The molecule has 2 aromatic rings. The first-order valence-electron chi connectivity index (χ1n) is 8.00. The zero-order valence-corrected chi connectivity index (χ0v) is 15.6. The number of rotatable bonds is 7. The number of halogens is 1. The van der Waals surface area contributed by atoms with Gasteiger partial charge in [-0.25, -0.2) is 12.8 Å². The van der Waals surface area contributed by atoms with Crippen LogP contribution in [0.25, 0.3) is 0 Å². The van der Waals surface area contributed by atoms with Gasteiger partial charge in [-0.15, -0.1) is 0 Å². The molecule has 0 bridgehead atoms. The molecule has 2 rings (SSSR count). The summed E-state index contributed by atoms with van der Waals surface area (Å²) in [6.45, 7) is 3.55. The zero-order valence-electron chi connectivity index (χ0n) is 14.7. The SMILES string of the molecule is CCC(NS(=O)(=O)c1ccc(F)cc1)C(=O)Nc1cc(C)ccc1OC. The molecule has 6 nitrogen and oxygen atoms in total. The predicted molar refractivity (Wildman–Crippen MR) is 97.2 cm³/mol. The van der Waals surface area contributed by atoms with Crippen molar-refractivity contribution in [2.45, 2.75) is 31.2 Å². The van der Waals surface area contributed by atoms with E-state index in [0.717, 1.165) is 29.8 Å². The van der Waals surface area contributed by atoms with E-state index in [1.54, 1.807) is 19.1 Å². The van der Waals surface area contributed by atoms with E-state index in [9.17, 15) is 17.6 Å². The number of methoxy groups -OCH3 is 1. The molecule has 0 saturated heterocycles. The highest BCUT2D eigenvalue weighted by atomic mass is 32.2. The number of ether oxygens (including phenoxy) is 1. The summed E-state index contributed by atoms with van der Waals surface area (Å²) in [5.74, 6) is -0.581. The third kappa shape index (κ3) is 4.80. The van der Waals surface area contributed by atoms with Crippen molar-refractivity contribution in [2.24, 2.45) is 0 Å². The van der Waals surface area contributed by atoms with E-state index in [0.29, 0.717) is 11.4 Å². The minimum absolute atomic E-state index is 0.113. The number of nitrogens with one attached hydrogen (secondary N) is 2. The van der Waals surface area contributed by atoms with Crippen LogP contribution in [0.5, 0.6) is 5.75 Å². The smallest absolute Gasteiger partial charge is 0.242 e. The highest BCUT2D eigenvalue weighted by Crippen LogP contribution is 2.25. The maximum atomic E-state index is 13.0. The minimum Gasteiger partial charge on any atom is -0.495 e. The number of aryl methyl sites for hydroxylation is 1. The topological polar surface area (TPSA) is 84.5 Å². The lowest BCUT2D eigenvalue weighted by Crippen LogP contribution is -2.43. The van der Waals surface area contributed by atoms with Crippen LogP contribution >= 0.6 is 0 Å². The fourth-order valence-electron chi connectivity index (χ4n) is 2.33. The highest BCUT2D eigenvalue weighted by Gasteiger charge is 2.25. The van der Waals surface area contributed by atoms with Crippen molar-refractivity contribution in [3.05, 3.63) is 53.8 Å². The number of anilines is 1. The first-order valence-corrected chi connectivity index (χ1v) is 9.48. The number of carbonyl (C=O) groups is 1. The summed E-state index contributed by atoms with van der Waals surface area (Å²) in [5.41, 5.74) is 1.37. The Hall–Kier alpha value is -2.45. The van der Waals surface area contributed by atoms with Crippen molar-refractivity contribution in [2.75, 3.05) is 12.4 Å². The average molecular weight is 380 g/mol. The molecular weight excluding hydrogens is 359 g/mol. The normalized spacial score (nSPS) is 12.5. The summed E-state index contributed by atoms with van der Waals surface area (Å²) in [5, 5.41) is 2.69. The van der Waals surface area contributed by atoms with Crippen LogP contribution in [0.2, 0.25) is 0 Å². The quantitative estimate of drug-likeness (QED) is 0.774. The van der Waals surface area contributed by atoms with Crippen molar-refractivity contribution in [3.63, 3.8) is 0 Å². The molecule has 0 heterocycles. The lowest BCUT2D eigenvalue weighted by atomic mass is 10.2. The Bertz CT molecular complexity index is 883. The molecule has 0 saturated carbocycles. The Morgan fingerprint density at radius 2 is 1.85 bits per heavy atom. The van der Waals surface area contributed by atoms with Crippen LogP contribution in [0, 0.1) is 12.7 Å². The van der Waals surface area contributed by atoms with Gasteiger partial charge in [0.1, 0.15) is 17.6 Å². The van der Waals surface area contributed by atoms with Crippen molar-refractivity contribution in [1.82, 2.24) is 4.72 Å². The second-order valence-electron chi connectivity index (χ2n) is 5.73. The first-order chi connectivity index (χ1) is 12.3. The van der Waals surface area contributed by atoms with Gasteiger partial charge >= 0.3 is 0 Å². The van der Waals surface area contributed by atoms with Gasteiger partial charge in [0, 0.05) is 0 Å². The molecule has 8 heteroatoms. The molecule has 2 aromatic carbocycles. The van der Waals surface area contributed by atoms with Gasteiger partial charge < -0.3 is 10.1 Å². The van der Waals surface area contributed by atoms with Gasteiger partial charge in [0.25, 0.3) is 0 Å². The van der Waals surface area contributed by atoms with E-state index in [-0.39, 0.29) is 11.3 Å². The third-order valence-electron chi connectivity index (χ3n) is 3.76. The molecule has 1 atom stereocenters. The molecule has 0 aliphatic rings. The second kappa shape index (κ2) is 8.29. The third-order valence-corrected chi connectivity index (χ3v) is 5.25. The predicted octanol–water partition coefficient (Wildman–Crippen LogP) is 2.84. The summed E-state index contributed by atoms with van der Waals surface area (Å²) in [6, 6.07) is 8.68. The summed E-state index contributed by atoms with van der Waals surface area (Å²) in [6.07, 6.45) is 0.236. The number of amides is 1. The molecular formula is C18H21FN2O4S. The molecule has 0 fully saturated rings. The van der Waals surface area contributed by atoms with Crippen LogP contribution < -0.4 is 14.8 Å². The molecule has 1 amide bonds. The van der Waals surface area contributed by atoms with Gasteiger partial charge in [-0.1, -0.05) is 13.0 Å². The van der Waals surface area contributed by atoms with E-state index < -0.39 is 27.8 Å². The van der Waals surface area contributed by atoms with Crippen molar-refractivity contribution in [1.29, 1.82) is 0 Å². The Balaban J connectivity index is 2.19. The molecule has 0 aliphatic heterocycles. The number of sulfonamides is 1. The average Bonchev–Trinajstić information content (AvgIpc) is 2.60. The van der Waals surface area contributed by atoms with Crippen LogP contribution in [-0.2, 0) is 14.8 Å². The Labute approximate surface area is 152 Å². The Morgan fingerprint density at radius 1 is 1.19 bits per heavy atom. The number of carbonyl (C=O) groups excluding carboxylic acids is 1. The maximum Gasteiger partial charge on any atom is 0.242 e. The van der Waals surface area contributed by atoms with E-state index in [4.69, 9.17) is 4.74 Å². The van der Waals surface area contributed by atoms with Gasteiger partial charge in [-0.2, -0.15) is 4.72 Å². The minimum atomic E-state index is -3.96. The van der Waals surface area contributed by atoms with E-state index in [1.165, 1.54) is 7.11 Å². The van der Waals surface area contributed by atoms with Gasteiger partial charge in [0.2, 0.25) is 15.9 Å². The maximum absolute atomic E-state index is 13.0. The lowest BCUT2D eigenvalue weighted by Gasteiger charge is -2.18. The molecule has 1 unspecified atom stereocenters. The van der Waals surface area contributed by atoms with Crippen LogP contribution in [0.15, 0.2) is 47.4 Å². The van der Waals surface area contributed by atoms with Crippen LogP contribution in [0.4, 0.5) is 10.1 Å². The van der Waals surface area contributed by atoms with E-state index >= 15 is 0 Å². The largest absolute Gasteiger partial charge is 0.495 e. The van der Waals surface area contributed by atoms with Crippen molar-refractivity contribution in [3.8, 4) is 5.75 Å². The molecule has 0 aliphatic carbocycles. The number of hydrogen-bond donors (Lipinski definition) is 2. The zero-order chi connectivity index (χ0) is 19.3. The van der Waals surface area contributed by atoms with Crippen molar-refractivity contribution < 1.29 is 22.3 Å². The summed E-state index contributed by atoms with van der Waals surface area (Å²) in [4.78, 5) is 12.4. The van der Waals surface area contributed by atoms with Crippen LogP contribution in [0.1, 0.15) is 18.9 Å². The lowest BCUT2D eigenvalue weighted by molar-refractivity contribution is -0.117. The van der Waals surface area contributed by atoms with Crippen LogP contribution in [0.3, 0.4) is 0 Å². The molecule has 140 valence electrons. The van der Waals surface area contributed by atoms with Gasteiger partial charge in [-0.05, 0) is 55.3 Å². The summed E-state index contributed by atoms with van der Waals surface area (Å²) >= 11 is 0. The highest BCUT2D eigenvalue weighted by molar-refractivity contribution is 7.89. The fourth-order valence-corrected chi connectivity index (χ4v) is 3.61. The molecule has 0 radical (unpaired) electrons. The van der Waals surface area contributed by atoms with Gasteiger partial charge in [0.05, 0.1) is 17.7 Å². The summed E-state index contributed by atoms with van der Waals surface area (Å²) < 4.78 is 45.4. The van der Waals surface area contributed by atoms with E-state index in [1.807, 2.05) is 13.0 Å².